The molecule has 0 saturated heterocycles. The van der Waals surface area contributed by atoms with Crippen molar-refractivity contribution in [3.8, 4) is 11.6 Å². The van der Waals surface area contributed by atoms with Crippen molar-refractivity contribution in [1.29, 1.82) is 0 Å². The number of anilines is 3. The van der Waals surface area contributed by atoms with Gasteiger partial charge in [0.15, 0.2) is 23.1 Å². The molecule has 10 nitrogen and oxygen atoms in total. The molecule has 0 bridgehead atoms. The maximum atomic E-state index is 14.1. The predicted molar refractivity (Wildman–Crippen MR) is 109 cm³/mol. The van der Waals surface area contributed by atoms with Crippen LogP contribution >= 0.6 is 0 Å². The number of benzene rings is 1. The van der Waals surface area contributed by atoms with Crippen LogP contribution in [0.5, 0.6) is 11.6 Å². The van der Waals surface area contributed by atoms with Gasteiger partial charge in [-0.1, -0.05) is 6.58 Å². The van der Waals surface area contributed by atoms with Crippen LogP contribution in [0.1, 0.15) is 23.1 Å². The van der Waals surface area contributed by atoms with E-state index in [0.717, 1.165) is 6.07 Å². The summed E-state index contributed by atoms with van der Waals surface area (Å²) in [6, 6.07) is 3.85. The molecule has 2 aromatic heterocycles. The van der Waals surface area contributed by atoms with Gasteiger partial charge in [0.1, 0.15) is 5.69 Å². The highest BCUT2D eigenvalue weighted by Gasteiger charge is 2.21. The minimum Gasteiger partial charge on any atom is -0.434 e. The average Bonchev–Trinajstić information content (AvgIpc) is 3.11. The lowest BCUT2D eigenvalue weighted by atomic mass is 10.2. The summed E-state index contributed by atoms with van der Waals surface area (Å²) in [6.07, 6.45) is 3.06. The first kappa shape index (κ1) is 20.7. The van der Waals surface area contributed by atoms with Gasteiger partial charge in [-0.25, -0.2) is 9.37 Å². The van der Waals surface area contributed by atoms with E-state index in [1.807, 2.05) is 0 Å². The molecule has 0 fully saturated rings. The number of aliphatic hydroxyl groups excluding tert-OH is 1. The van der Waals surface area contributed by atoms with Crippen LogP contribution in [-0.2, 0) is 6.54 Å². The van der Waals surface area contributed by atoms with E-state index >= 15 is 0 Å². The molecule has 3 rings (SSSR count). The second kappa shape index (κ2) is 8.57. The first-order chi connectivity index (χ1) is 14.3. The van der Waals surface area contributed by atoms with Crippen molar-refractivity contribution in [3.63, 3.8) is 0 Å². The molecule has 3 aromatic rings. The first-order valence-corrected chi connectivity index (χ1v) is 8.79. The summed E-state index contributed by atoms with van der Waals surface area (Å²) in [5.41, 5.74) is 12.3. The highest BCUT2D eigenvalue weighted by atomic mass is 19.1. The fraction of sp³-hybridized carbons (Fsp3) is 0.158. The van der Waals surface area contributed by atoms with Gasteiger partial charge < -0.3 is 26.6 Å². The Kier molecular flexibility index (Phi) is 5.93. The van der Waals surface area contributed by atoms with Gasteiger partial charge >= 0.3 is 0 Å². The summed E-state index contributed by atoms with van der Waals surface area (Å²) in [6.45, 7) is 5.62. The lowest BCUT2D eigenvalue weighted by molar-refractivity contribution is 0.0996. The third-order valence-corrected chi connectivity index (χ3v) is 3.89. The quantitative estimate of drug-likeness (QED) is 0.409. The highest BCUT2D eigenvalue weighted by Crippen LogP contribution is 2.32. The second-order valence-corrected chi connectivity index (χ2v) is 6.35. The number of carbonyl (C=O) groups is 1. The Hall–Kier alpha value is -3.99. The molecule has 0 saturated carbocycles. The number of ether oxygens (including phenoxy) is 1. The molecule has 2 heterocycles. The third kappa shape index (κ3) is 4.52. The standard InChI is InChI=1S/C19H20FN7O3/c1-10(2)15-19(30-14-7-11(21)3-4-13(14)20)26-18(16(25-15)17(22)29)24-12-8-23-27(9-12)5-6-28/h3-4,7-9,28H,1,5-6,21H2,2H3,(H2,22,29)(H,24,26). The fourth-order valence-electron chi connectivity index (χ4n) is 2.52. The molecule has 1 aromatic carbocycles. The van der Waals surface area contributed by atoms with Crippen molar-refractivity contribution in [3.05, 3.63) is 54.4 Å². The number of nitrogen functional groups attached to an aromatic ring is 1. The maximum Gasteiger partial charge on any atom is 0.271 e. The zero-order valence-electron chi connectivity index (χ0n) is 16.1. The minimum absolute atomic E-state index is 0.0182. The van der Waals surface area contributed by atoms with Crippen molar-refractivity contribution in [2.45, 2.75) is 13.5 Å². The summed E-state index contributed by atoms with van der Waals surface area (Å²) in [4.78, 5) is 20.4. The Balaban J connectivity index is 2.06. The van der Waals surface area contributed by atoms with Crippen LogP contribution in [-0.4, -0.2) is 37.4 Å². The van der Waals surface area contributed by atoms with Crippen molar-refractivity contribution in [1.82, 2.24) is 19.7 Å². The Morgan fingerprint density at radius 1 is 1.37 bits per heavy atom. The molecule has 1 amide bonds. The zero-order chi connectivity index (χ0) is 21.8. The average molecular weight is 413 g/mol. The fourth-order valence-corrected chi connectivity index (χ4v) is 2.52. The smallest absolute Gasteiger partial charge is 0.271 e. The topological polar surface area (TPSA) is 154 Å². The van der Waals surface area contributed by atoms with Crippen molar-refractivity contribution < 1.29 is 19.0 Å². The first-order valence-electron chi connectivity index (χ1n) is 8.79. The second-order valence-electron chi connectivity index (χ2n) is 6.35. The SMILES string of the molecule is C=C(C)c1nc(C(N)=O)c(Nc2cnn(CCO)c2)nc1Oc1cc(N)ccc1F. The van der Waals surface area contributed by atoms with E-state index in [0.29, 0.717) is 16.9 Å². The van der Waals surface area contributed by atoms with E-state index in [1.165, 1.54) is 23.0 Å². The summed E-state index contributed by atoms with van der Waals surface area (Å²) >= 11 is 0. The number of nitrogens with two attached hydrogens (primary N) is 2. The number of primary amides is 1. The van der Waals surface area contributed by atoms with Crippen molar-refractivity contribution in [2.75, 3.05) is 17.7 Å². The highest BCUT2D eigenvalue weighted by molar-refractivity contribution is 5.96. The Labute approximate surface area is 171 Å². The molecule has 11 heteroatoms. The largest absolute Gasteiger partial charge is 0.434 e. The number of nitrogens with zero attached hydrogens (tertiary/aromatic N) is 4. The number of allylic oxidation sites excluding steroid dienone is 1. The Morgan fingerprint density at radius 2 is 2.13 bits per heavy atom. The molecule has 0 unspecified atom stereocenters. The zero-order valence-corrected chi connectivity index (χ0v) is 16.1. The van der Waals surface area contributed by atoms with Gasteiger partial charge in [-0.2, -0.15) is 10.1 Å². The number of amides is 1. The number of aliphatic hydroxyl groups is 1. The van der Waals surface area contributed by atoms with Gasteiger partial charge in [0, 0.05) is 18.0 Å². The molecule has 30 heavy (non-hydrogen) atoms. The van der Waals surface area contributed by atoms with Gasteiger partial charge in [-0.3, -0.25) is 9.48 Å². The van der Waals surface area contributed by atoms with E-state index in [1.54, 1.807) is 13.1 Å². The van der Waals surface area contributed by atoms with Crippen LogP contribution in [0.25, 0.3) is 5.57 Å². The van der Waals surface area contributed by atoms with Gasteiger partial charge in [0.25, 0.3) is 5.91 Å². The number of carbonyl (C=O) groups excluding carboxylic acids is 1. The van der Waals surface area contributed by atoms with E-state index < -0.39 is 11.7 Å². The molecular formula is C19H20FN7O3. The Morgan fingerprint density at radius 3 is 2.80 bits per heavy atom. The number of nitrogens with one attached hydrogen (secondary N) is 1. The van der Waals surface area contributed by atoms with E-state index in [4.69, 9.17) is 21.3 Å². The van der Waals surface area contributed by atoms with E-state index in [-0.39, 0.29) is 42.0 Å². The molecule has 0 radical (unpaired) electrons. The van der Waals surface area contributed by atoms with Crippen LogP contribution < -0.4 is 21.5 Å². The Bertz CT molecular complexity index is 1110. The summed E-state index contributed by atoms with van der Waals surface area (Å²) in [7, 11) is 0. The summed E-state index contributed by atoms with van der Waals surface area (Å²) in [5.74, 6) is -1.77. The van der Waals surface area contributed by atoms with E-state index in [2.05, 4.69) is 27.0 Å². The van der Waals surface area contributed by atoms with Gasteiger partial charge in [-0.05, 0) is 24.6 Å². The summed E-state index contributed by atoms with van der Waals surface area (Å²) < 4.78 is 21.2. The number of rotatable bonds is 8. The molecular weight excluding hydrogens is 393 g/mol. The van der Waals surface area contributed by atoms with E-state index in [9.17, 15) is 9.18 Å². The van der Waals surface area contributed by atoms with Crippen LogP contribution in [0.15, 0.2) is 37.2 Å². The monoisotopic (exact) mass is 413 g/mol. The number of hydrogen-bond donors (Lipinski definition) is 4. The number of aromatic nitrogens is 4. The summed E-state index contributed by atoms with van der Waals surface area (Å²) in [5, 5.41) is 15.9. The van der Waals surface area contributed by atoms with Crippen LogP contribution in [0.2, 0.25) is 0 Å². The molecule has 0 aliphatic rings. The van der Waals surface area contributed by atoms with Crippen molar-refractivity contribution >= 4 is 28.7 Å². The molecule has 156 valence electrons. The lowest BCUT2D eigenvalue weighted by Crippen LogP contribution is -2.18. The van der Waals surface area contributed by atoms with Gasteiger partial charge in [0.05, 0.1) is 25.0 Å². The van der Waals surface area contributed by atoms with Crippen LogP contribution in [0, 0.1) is 5.82 Å². The number of halogens is 1. The number of hydrogen-bond acceptors (Lipinski definition) is 8. The molecule has 0 aliphatic heterocycles. The predicted octanol–water partition coefficient (Wildman–Crippen LogP) is 2.05. The minimum atomic E-state index is -0.836. The molecule has 0 spiro atoms. The molecule has 0 atom stereocenters. The van der Waals surface area contributed by atoms with Crippen LogP contribution in [0.3, 0.4) is 0 Å². The molecule has 6 N–H and O–H groups in total. The lowest BCUT2D eigenvalue weighted by Gasteiger charge is -2.14. The maximum absolute atomic E-state index is 14.1. The third-order valence-electron chi connectivity index (χ3n) is 3.89. The van der Waals surface area contributed by atoms with Gasteiger partial charge in [0.2, 0.25) is 5.88 Å². The van der Waals surface area contributed by atoms with Gasteiger partial charge in [-0.15, -0.1) is 0 Å². The van der Waals surface area contributed by atoms with Crippen LogP contribution in [0.4, 0.5) is 21.6 Å². The normalized spacial score (nSPS) is 10.6. The molecule has 0 aliphatic carbocycles. The van der Waals surface area contributed by atoms with Crippen molar-refractivity contribution in [2.24, 2.45) is 5.73 Å².